The number of hydrogen-bond donors (Lipinski definition) is 0. The van der Waals surface area contributed by atoms with Gasteiger partial charge in [0.1, 0.15) is 0 Å². The maximum absolute atomic E-state index is 11.8. The van der Waals surface area contributed by atoms with E-state index in [-0.39, 0.29) is 5.56 Å². The van der Waals surface area contributed by atoms with Crippen LogP contribution in [0.1, 0.15) is 25.3 Å². The van der Waals surface area contributed by atoms with Crippen molar-refractivity contribution in [1.29, 1.82) is 0 Å². The van der Waals surface area contributed by atoms with Gasteiger partial charge in [-0.1, -0.05) is 37.3 Å². The summed E-state index contributed by atoms with van der Waals surface area (Å²) in [5.41, 5.74) is 3.28. The number of piperazine rings is 1. The van der Waals surface area contributed by atoms with Crippen molar-refractivity contribution >= 4 is 32.4 Å². The van der Waals surface area contributed by atoms with E-state index >= 15 is 0 Å². The number of nitrogens with zero attached hydrogens (tertiary/aromatic N) is 5. The predicted molar refractivity (Wildman–Crippen MR) is 108 cm³/mol. The maximum atomic E-state index is 11.8. The molecular formula is C19H23N5OS. The Bertz CT molecular complexity index is 985. The molecule has 0 saturated carbocycles. The summed E-state index contributed by atoms with van der Waals surface area (Å²) in [5.74, 6) is 0.471. The highest BCUT2D eigenvalue weighted by Gasteiger charge is 2.21. The van der Waals surface area contributed by atoms with Gasteiger partial charge in [-0.2, -0.15) is 5.10 Å². The molecule has 3 heterocycles. The van der Waals surface area contributed by atoms with E-state index in [0.29, 0.717) is 5.92 Å². The summed E-state index contributed by atoms with van der Waals surface area (Å²) in [6.07, 6.45) is 1.77. The Morgan fingerprint density at radius 3 is 2.54 bits per heavy atom. The molecule has 1 fully saturated rings. The lowest BCUT2D eigenvalue weighted by Gasteiger charge is -2.35. The van der Waals surface area contributed by atoms with Crippen LogP contribution in [0.5, 0.6) is 0 Å². The largest absolute Gasteiger partial charge is 0.367 e. The molecular weight excluding hydrogens is 346 g/mol. The molecule has 2 aromatic heterocycles. The molecule has 0 unspecified atom stereocenters. The van der Waals surface area contributed by atoms with Crippen LogP contribution in [0.15, 0.2) is 35.3 Å². The Hall–Kier alpha value is -2.41. The molecule has 1 aliphatic rings. The van der Waals surface area contributed by atoms with Gasteiger partial charge in [0.05, 0.1) is 22.1 Å². The molecule has 26 heavy (non-hydrogen) atoms. The zero-order valence-corrected chi connectivity index (χ0v) is 16.2. The molecule has 7 heteroatoms. The van der Waals surface area contributed by atoms with Crippen LogP contribution in [0.2, 0.25) is 0 Å². The molecule has 0 bridgehead atoms. The second kappa shape index (κ2) is 6.72. The van der Waals surface area contributed by atoms with Crippen LogP contribution >= 0.6 is 11.3 Å². The Kier molecular flexibility index (Phi) is 4.40. The van der Waals surface area contributed by atoms with Crippen LogP contribution in [0, 0.1) is 0 Å². The molecule has 4 rings (SSSR count). The monoisotopic (exact) mass is 369 g/mol. The van der Waals surface area contributed by atoms with E-state index in [0.717, 1.165) is 42.5 Å². The van der Waals surface area contributed by atoms with Crippen molar-refractivity contribution in [2.24, 2.45) is 7.05 Å². The van der Waals surface area contributed by atoms with Crippen LogP contribution in [0.4, 0.5) is 10.8 Å². The number of thiazole rings is 1. The molecule has 0 aliphatic carbocycles. The van der Waals surface area contributed by atoms with E-state index in [1.807, 2.05) is 0 Å². The van der Waals surface area contributed by atoms with Crippen molar-refractivity contribution in [3.63, 3.8) is 0 Å². The third-order valence-corrected chi connectivity index (χ3v) is 6.01. The summed E-state index contributed by atoms with van der Waals surface area (Å²) in [6.45, 7) is 7.94. The van der Waals surface area contributed by atoms with Crippen LogP contribution in [0.25, 0.3) is 10.2 Å². The molecule has 0 spiro atoms. The van der Waals surface area contributed by atoms with Crippen molar-refractivity contribution in [3.8, 4) is 0 Å². The van der Waals surface area contributed by atoms with E-state index < -0.39 is 0 Å². The first-order chi connectivity index (χ1) is 12.5. The fraction of sp³-hybridized carbons (Fsp3) is 0.421. The number of benzene rings is 1. The quantitative estimate of drug-likeness (QED) is 0.711. The van der Waals surface area contributed by atoms with Crippen LogP contribution < -0.4 is 15.4 Å². The normalized spacial score (nSPS) is 15.2. The van der Waals surface area contributed by atoms with E-state index in [4.69, 9.17) is 4.98 Å². The number of fused-ring (bicyclic) bond motifs is 1. The van der Waals surface area contributed by atoms with E-state index in [1.165, 1.54) is 14.9 Å². The fourth-order valence-corrected chi connectivity index (χ4v) is 4.40. The van der Waals surface area contributed by atoms with Crippen molar-refractivity contribution < 1.29 is 0 Å². The number of aryl methyl sites for hydroxylation is 1. The molecule has 1 aromatic carbocycles. The van der Waals surface area contributed by atoms with Gasteiger partial charge in [-0.3, -0.25) is 4.79 Å². The number of anilines is 2. The summed E-state index contributed by atoms with van der Waals surface area (Å²) in [4.78, 5) is 21.3. The number of hydrogen-bond acceptors (Lipinski definition) is 6. The molecule has 3 aromatic rings. The van der Waals surface area contributed by atoms with Crippen molar-refractivity contribution in [2.45, 2.75) is 19.8 Å². The number of para-hydroxylation sites is 1. The van der Waals surface area contributed by atoms with Crippen LogP contribution in [-0.2, 0) is 7.05 Å². The SMILES string of the molecule is CC(C)c1cccc2sc(N3CCN(c4cnn(C)c(=O)c4)CC3)nc12. The van der Waals surface area contributed by atoms with Gasteiger partial charge in [-0.15, -0.1) is 0 Å². The molecule has 0 amide bonds. The summed E-state index contributed by atoms with van der Waals surface area (Å²) >= 11 is 1.77. The zero-order valence-electron chi connectivity index (χ0n) is 15.3. The van der Waals surface area contributed by atoms with Gasteiger partial charge in [0.2, 0.25) is 0 Å². The first-order valence-electron chi connectivity index (χ1n) is 8.95. The average molecular weight is 369 g/mol. The van der Waals surface area contributed by atoms with Gasteiger partial charge in [0, 0.05) is 39.3 Å². The minimum absolute atomic E-state index is 0.0719. The van der Waals surface area contributed by atoms with Crippen molar-refractivity contribution in [3.05, 3.63) is 46.4 Å². The summed E-state index contributed by atoms with van der Waals surface area (Å²) in [7, 11) is 1.67. The standard InChI is InChI=1S/C19H23N5OS/c1-13(2)15-5-4-6-16-18(15)21-19(26-16)24-9-7-23(8-10-24)14-11-17(25)22(3)20-12-14/h4-6,11-13H,7-10H2,1-3H3. The lowest BCUT2D eigenvalue weighted by molar-refractivity contribution is 0.642. The average Bonchev–Trinajstić information content (AvgIpc) is 3.08. The smallest absolute Gasteiger partial charge is 0.268 e. The summed E-state index contributed by atoms with van der Waals surface area (Å²) in [6, 6.07) is 8.12. The Labute approximate surface area is 156 Å². The minimum atomic E-state index is -0.0719. The highest BCUT2D eigenvalue weighted by Crippen LogP contribution is 2.34. The third kappa shape index (κ3) is 3.07. The van der Waals surface area contributed by atoms with E-state index in [1.54, 1.807) is 30.6 Å². The minimum Gasteiger partial charge on any atom is -0.367 e. The van der Waals surface area contributed by atoms with Gasteiger partial charge in [-0.25, -0.2) is 9.67 Å². The topological polar surface area (TPSA) is 54.3 Å². The van der Waals surface area contributed by atoms with Gasteiger partial charge < -0.3 is 9.80 Å². The lowest BCUT2D eigenvalue weighted by atomic mass is 10.0. The maximum Gasteiger partial charge on any atom is 0.268 e. The first-order valence-corrected chi connectivity index (χ1v) is 9.77. The van der Waals surface area contributed by atoms with E-state index in [9.17, 15) is 4.79 Å². The van der Waals surface area contributed by atoms with Gasteiger partial charge in [0.25, 0.3) is 5.56 Å². The second-order valence-corrected chi connectivity index (χ2v) is 8.00. The third-order valence-electron chi connectivity index (χ3n) is 4.93. The van der Waals surface area contributed by atoms with Crippen molar-refractivity contribution in [2.75, 3.05) is 36.0 Å². The highest BCUT2D eigenvalue weighted by atomic mass is 32.1. The lowest BCUT2D eigenvalue weighted by Crippen LogP contribution is -2.47. The highest BCUT2D eigenvalue weighted by molar-refractivity contribution is 7.22. The predicted octanol–water partition coefficient (Wildman–Crippen LogP) is 2.84. The second-order valence-electron chi connectivity index (χ2n) is 6.99. The number of aromatic nitrogens is 3. The van der Waals surface area contributed by atoms with Crippen LogP contribution in [-0.4, -0.2) is 40.9 Å². The Balaban J connectivity index is 1.53. The van der Waals surface area contributed by atoms with Crippen molar-refractivity contribution in [1.82, 2.24) is 14.8 Å². The first kappa shape index (κ1) is 17.0. The molecule has 136 valence electrons. The molecule has 0 atom stereocenters. The summed E-state index contributed by atoms with van der Waals surface area (Å²) < 4.78 is 2.61. The molecule has 0 radical (unpaired) electrons. The van der Waals surface area contributed by atoms with Gasteiger partial charge >= 0.3 is 0 Å². The Morgan fingerprint density at radius 1 is 1.12 bits per heavy atom. The van der Waals surface area contributed by atoms with Gasteiger partial charge in [-0.05, 0) is 17.5 Å². The molecule has 0 N–H and O–H groups in total. The number of rotatable bonds is 3. The van der Waals surface area contributed by atoms with E-state index in [2.05, 4.69) is 46.9 Å². The summed E-state index contributed by atoms with van der Waals surface area (Å²) in [5, 5.41) is 5.22. The fourth-order valence-electron chi connectivity index (χ4n) is 3.35. The molecule has 1 aliphatic heterocycles. The Morgan fingerprint density at radius 2 is 1.85 bits per heavy atom. The van der Waals surface area contributed by atoms with Gasteiger partial charge in [0.15, 0.2) is 5.13 Å². The molecule has 1 saturated heterocycles. The molecule has 6 nitrogen and oxygen atoms in total. The zero-order chi connectivity index (χ0) is 18.3. The van der Waals surface area contributed by atoms with Crippen LogP contribution in [0.3, 0.4) is 0 Å².